The highest BCUT2D eigenvalue weighted by Crippen LogP contribution is 2.16. The van der Waals surface area contributed by atoms with Crippen LogP contribution < -0.4 is 0 Å². The standard InChI is InChI=1S/C19H19N3O/c23-19(21-11-3-4-12-21)16-9-7-15(8-10-16)13-22-14-20-17-5-1-2-6-18(17)22/h1-2,5-10,14H,3-4,11-13H2. The minimum absolute atomic E-state index is 0.155. The van der Waals surface area contributed by atoms with Crippen LogP contribution in [0.4, 0.5) is 0 Å². The van der Waals surface area contributed by atoms with E-state index in [1.807, 2.05) is 53.7 Å². The lowest BCUT2D eigenvalue weighted by molar-refractivity contribution is 0.0793. The van der Waals surface area contributed by atoms with Gasteiger partial charge in [-0.2, -0.15) is 0 Å². The Morgan fingerprint density at radius 1 is 1.00 bits per heavy atom. The smallest absolute Gasteiger partial charge is 0.253 e. The Labute approximate surface area is 135 Å². The highest BCUT2D eigenvalue weighted by atomic mass is 16.2. The molecule has 0 spiro atoms. The highest BCUT2D eigenvalue weighted by molar-refractivity contribution is 5.94. The van der Waals surface area contributed by atoms with Gasteiger partial charge >= 0.3 is 0 Å². The number of para-hydroxylation sites is 2. The summed E-state index contributed by atoms with van der Waals surface area (Å²) in [4.78, 5) is 18.7. The van der Waals surface area contributed by atoms with E-state index in [0.717, 1.165) is 49.1 Å². The zero-order valence-corrected chi connectivity index (χ0v) is 13.0. The van der Waals surface area contributed by atoms with Crippen LogP contribution >= 0.6 is 0 Å². The first-order valence-corrected chi connectivity index (χ1v) is 8.09. The van der Waals surface area contributed by atoms with Gasteiger partial charge in [-0.05, 0) is 42.7 Å². The molecule has 2 heterocycles. The van der Waals surface area contributed by atoms with E-state index in [9.17, 15) is 4.79 Å². The molecule has 23 heavy (non-hydrogen) atoms. The molecule has 0 aliphatic carbocycles. The summed E-state index contributed by atoms with van der Waals surface area (Å²) in [7, 11) is 0. The molecule has 0 bridgehead atoms. The summed E-state index contributed by atoms with van der Waals surface area (Å²) in [5.74, 6) is 0.155. The molecule has 4 nitrogen and oxygen atoms in total. The van der Waals surface area contributed by atoms with Crippen molar-refractivity contribution in [2.45, 2.75) is 19.4 Å². The molecular weight excluding hydrogens is 286 g/mol. The largest absolute Gasteiger partial charge is 0.339 e. The molecule has 1 aromatic heterocycles. The molecule has 0 radical (unpaired) electrons. The van der Waals surface area contributed by atoms with Gasteiger partial charge in [0.1, 0.15) is 0 Å². The van der Waals surface area contributed by atoms with Crippen molar-refractivity contribution in [3.8, 4) is 0 Å². The summed E-state index contributed by atoms with van der Waals surface area (Å²) in [6, 6.07) is 16.1. The molecule has 0 N–H and O–H groups in total. The third-order valence-electron chi connectivity index (χ3n) is 4.47. The number of amides is 1. The van der Waals surface area contributed by atoms with Crippen LogP contribution in [-0.2, 0) is 6.54 Å². The van der Waals surface area contributed by atoms with Gasteiger partial charge in [0.25, 0.3) is 5.91 Å². The monoisotopic (exact) mass is 305 g/mol. The van der Waals surface area contributed by atoms with E-state index in [2.05, 4.69) is 15.6 Å². The highest BCUT2D eigenvalue weighted by Gasteiger charge is 2.19. The summed E-state index contributed by atoms with van der Waals surface area (Å²) < 4.78 is 2.13. The SMILES string of the molecule is O=C(c1ccc(Cn2cnc3ccccc32)cc1)N1CCCC1. The van der Waals surface area contributed by atoms with Crippen molar-refractivity contribution in [2.75, 3.05) is 13.1 Å². The molecule has 0 atom stereocenters. The normalized spacial score (nSPS) is 14.5. The van der Waals surface area contributed by atoms with Crippen molar-refractivity contribution in [3.63, 3.8) is 0 Å². The van der Waals surface area contributed by atoms with E-state index in [4.69, 9.17) is 0 Å². The Morgan fingerprint density at radius 2 is 1.74 bits per heavy atom. The van der Waals surface area contributed by atoms with Crippen LogP contribution in [0.2, 0.25) is 0 Å². The Kier molecular flexibility index (Phi) is 3.58. The van der Waals surface area contributed by atoms with Crippen LogP contribution in [0.25, 0.3) is 11.0 Å². The maximum atomic E-state index is 12.4. The summed E-state index contributed by atoms with van der Waals surface area (Å²) >= 11 is 0. The molecule has 1 saturated heterocycles. The average molecular weight is 305 g/mol. The number of fused-ring (bicyclic) bond motifs is 1. The number of carbonyl (C=O) groups excluding carboxylic acids is 1. The van der Waals surface area contributed by atoms with E-state index >= 15 is 0 Å². The number of aromatic nitrogens is 2. The summed E-state index contributed by atoms with van der Waals surface area (Å²) in [6.45, 7) is 2.54. The quantitative estimate of drug-likeness (QED) is 0.744. The van der Waals surface area contributed by atoms with Crippen LogP contribution in [0.15, 0.2) is 54.9 Å². The molecule has 0 unspecified atom stereocenters. The number of benzene rings is 2. The maximum absolute atomic E-state index is 12.4. The number of likely N-dealkylation sites (tertiary alicyclic amines) is 1. The van der Waals surface area contributed by atoms with E-state index in [1.54, 1.807) is 0 Å². The molecule has 1 fully saturated rings. The fourth-order valence-electron chi connectivity index (χ4n) is 3.19. The number of rotatable bonds is 3. The number of nitrogens with zero attached hydrogens (tertiary/aromatic N) is 3. The molecule has 1 aliphatic heterocycles. The zero-order chi connectivity index (χ0) is 15.6. The molecule has 3 aromatic rings. The first kappa shape index (κ1) is 14.0. The third kappa shape index (κ3) is 2.72. The van der Waals surface area contributed by atoms with Crippen molar-refractivity contribution in [3.05, 3.63) is 66.0 Å². The van der Waals surface area contributed by atoms with Crippen LogP contribution in [0, 0.1) is 0 Å². The summed E-state index contributed by atoms with van der Waals surface area (Å²) in [5.41, 5.74) is 4.09. The minimum atomic E-state index is 0.155. The number of hydrogen-bond acceptors (Lipinski definition) is 2. The predicted molar refractivity (Wildman–Crippen MR) is 90.4 cm³/mol. The summed E-state index contributed by atoms with van der Waals surface area (Å²) in [6.07, 6.45) is 4.11. The van der Waals surface area contributed by atoms with E-state index in [0.29, 0.717) is 0 Å². The van der Waals surface area contributed by atoms with Crippen molar-refractivity contribution in [2.24, 2.45) is 0 Å². The molecule has 1 aliphatic rings. The van der Waals surface area contributed by atoms with Gasteiger partial charge in [-0.25, -0.2) is 4.98 Å². The van der Waals surface area contributed by atoms with Crippen molar-refractivity contribution in [1.29, 1.82) is 0 Å². The molecular formula is C19H19N3O. The van der Waals surface area contributed by atoms with Gasteiger partial charge in [0, 0.05) is 25.2 Å². The fourth-order valence-corrected chi connectivity index (χ4v) is 3.19. The van der Waals surface area contributed by atoms with Gasteiger partial charge in [-0.1, -0.05) is 24.3 Å². The molecule has 2 aromatic carbocycles. The van der Waals surface area contributed by atoms with Gasteiger partial charge in [-0.15, -0.1) is 0 Å². The Balaban J connectivity index is 1.53. The predicted octanol–water partition coefficient (Wildman–Crippen LogP) is 3.32. The molecule has 0 saturated carbocycles. The van der Waals surface area contributed by atoms with Gasteiger partial charge < -0.3 is 9.47 Å². The van der Waals surface area contributed by atoms with Crippen molar-refractivity contribution >= 4 is 16.9 Å². The number of hydrogen-bond donors (Lipinski definition) is 0. The lowest BCUT2D eigenvalue weighted by atomic mass is 10.1. The van der Waals surface area contributed by atoms with Crippen LogP contribution in [-0.4, -0.2) is 33.4 Å². The average Bonchev–Trinajstić information content (AvgIpc) is 3.25. The second kappa shape index (κ2) is 5.88. The van der Waals surface area contributed by atoms with Gasteiger partial charge in [-0.3, -0.25) is 4.79 Å². The van der Waals surface area contributed by atoms with Gasteiger partial charge in [0.05, 0.1) is 17.4 Å². The van der Waals surface area contributed by atoms with Crippen LogP contribution in [0.1, 0.15) is 28.8 Å². The maximum Gasteiger partial charge on any atom is 0.253 e. The lowest BCUT2D eigenvalue weighted by Crippen LogP contribution is -2.27. The summed E-state index contributed by atoms with van der Waals surface area (Å²) in [5, 5.41) is 0. The molecule has 1 amide bonds. The number of carbonyl (C=O) groups is 1. The second-order valence-electron chi connectivity index (χ2n) is 6.06. The second-order valence-corrected chi connectivity index (χ2v) is 6.06. The lowest BCUT2D eigenvalue weighted by Gasteiger charge is -2.15. The van der Waals surface area contributed by atoms with Crippen LogP contribution in [0.5, 0.6) is 0 Å². The first-order valence-electron chi connectivity index (χ1n) is 8.09. The van der Waals surface area contributed by atoms with Gasteiger partial charge in [0.15, 0.2) is 0 Å². The van der Waals surface area contributed by atoms with E-state index < -0.39 is 0 Å². The zero-order valence-electron chi connectivity index (χ0n) is 13.0. The Morgan fingerprint density at radius 3 is 2.52 bits per heavy atom. The van der Waals surface area contributed by atoms with Gasteiger partial charge in [0.2, 0.25) is 0 Å². The molecule has 116 valence electrons. The fraction of sp³-hybridized carbons (Fsp3) is 0.263. The first-order chi connectivity index (χ1) is 11.3. The van der Waals surface area contributed by atoms with Crippen molar-refractivity contribution in [1.82, 2.24) is 14.5 Å². The van der Waals surface area contributed by atoms with Crippen molar-refractivity contribution < 1.29 is 4.79 Å². The Bertz CT molecular complexity index is 829. The third-order valence-corrected chi connectivity index (χ3v) is 4.47. The number of imidazole rings is 1. The minimum Gasteiger partial charge on any atom is -0.339 e. The van der Waals surface area contributed by atoms with Crippen LogP contribution in [0.3, 0.4) is 0 Å². The topological polar surface area (TPSA) is 38.1 Å². The molecule has 4 rings (SSSR count). The van der Waals surface area contributed by atoms with E-state index in [1.165, 1.54) is 5.56 Å². The van der Waals surface area contributed by atoms with E-state index in [-0.39, 0.29) is 5.91 Å². The Hall–Kier alpha value is -2.62. The molecule has 4 heteroatoms.